The van der Waals surface area contributed by atoms with E-state index in [0.717, 1.165) is 13.1 Å². The van der Waals surface area contributed by atoms with Crippen LogP contribution in [0.25, 0.3) is 0 Å². The summed E-state index contributed by atoms with van der Waals surface area (Å²) in [7, 11) is -1.38. The highest BCUT2D eigenvalue weighted by Gasteiger charge is 2.27. The zero-order chi connectivity index (χ0) is 12.5. The molecule has 7 heteroatoms. The van der Waals surface area contributed by atoms with Crippen molar-refractivity contribution in [3.63, 3.8) is 0 Å². The van der Waals surface area contributed by atoms with Crippen molar-refractivity contribution in [3.05, 3.63) is 23.0 Å². The molecular weight excluding hydrogens is 258 g/mol. The highest BCUT2D eigenvalue weighted by molar-refractivity contribution is 7.89. The molecule has 0 bridgehead atoms. The van der Waals surface area contributed by atoms with Crippen LogP contribution < -0.4 is 0 Å². The van der Waals surface area contributed by atoms with Gasteiger partial charge < -0.3 is 9.88 Å². The molecule has 1 N–H and O–H groups in total. The van der Waals surface area contributed by atoms with Crippen molar-refractivity contribution < 1.29 is 8.42 Å². The van der Waals surface area contributed by atoms with Gasteiger partial charge in [0.15, 0.2) is 0 Å². The molecule has 1 fully saturated rings. The largest absolute Gasteiger partial charge is 0.352 e. The summed E-state index contributed by atoms with van der Waals surface area (Å²) in [6.07, 6.45) is 1.45. The Hall–Kier alpha value is -0.760. The summed E-state index contributed by atoms with van der Waals surface area (Å²) in [6, 6.07) is 3.14. The molecule has 0 amide bonds. The third kappa shape index (κ3) is 2.74. The van der Waals surface area contributed by atoms with E-state index in [1.54, 1.807) is 12.1 Å². The number of nitrogens with one attached hydrogen (secondary N) is 1. The molecule has 0 aromatic carbocycles. The molecule has 2 rings (SSSR count). The molecule has 0 spiro atoms. The van der Waals surface area contributed by atoms with Gasteiger partial charge in [0.1, 0.15) is 4.64 Å². The van der Waals surface area contributed by atoms with E-state index in [1.165, 1.54) is 10.5 Å². The van der Waals surface area contributed by atoms with E-state index in [4.69, 9.17) is 12.2 Å². The van der Waals surface area contributed by atoms with Gasteiger partial charge >= 0.3 is 0 Å². The first-order valence-corrected chi connectivity index (χ1v) is 7.22. The van der Waals surface area contributed by atoms with Gasteiger partial charge in [-0.25, -0.2) is 8.42 Å². The molecule has 1 aliphatic rings. The third-order valence-corrected chi connectivity index (χ3v) is 5.00. The number of H-pyrrole nitrogens is 1. The van der Waals surface area contributed by atoms with Gasteiger partial charge in [0, 0.05) is 32.4 Å². The molecule has 0 aliphatic carbocycles. The number of aromatic nitrogens is 1. The van der Waals surface area contributed by atoms with E-state index in [0.29, 0.717) is 17.7 Å². The zero-order valence-electron chi connectivity index (χ0n) is 9.59. The fourth-order valence-corrected chi connectivity index (χ4v) is 3.25. The van der Waals surface area contributed by atoms with Crippen molar-refractivity contribution in [2.24, 2.45) is 0 Å². The van der Waals surface area contributed by atoms with Gasteiger partial charge in [0.2, 0.25) is 10.0 Å². The Morgan fingerprint density at radius 2 is 1.88 bits per heavy atom. The number of pyridine rings is 1. The predicted octanol–water partition coefficient (Wildman–Crippen LogP) is 0.680. The molecule has 0 radical (unpaired) electrons. The average Bonchev–Trinajstić information content (AvgIpc) is 2.30. The Labute approximate surface area is 106 Å². The van der Waals surface area contributed by atoms with E-state index < -0.39 is 10.0 Å². The standard InChI is InChI=1S/C10H15N3O2S2/c1-12-4-6-13(7-5-12)17(14,15)9-2-3-10(16)11-8-9/h2-3,8H,4-7H2,1H3,(H,11,16). The van der Waals surface area contributed by atoms with Gasteiger partial charge in [-0.15, -0.1) is 0 Å². The smallest absolute Gasteiger partial charge is 0.244 e. The lowest BCUT2D eigenvalue weighted by Crippen LogP contribution is -2.47. The summed E-state index contributed by atoms with van der Waals surface area (Å²) in [5.41, 5.74) is 0. The maximum Gasteiger partial charge on any atom is 0.244 e. The lowest BCUT2D eigenvalue weighted by Gasteiger charge is -2.31. The summed E-state index contributed by atoms with van der Waals surface area (Å²) in [5, 5.41) is 0. The molecule has 1 saturated heterocycles. The van der Waals surface area contributed by atoms with E-state index in [9.17, 15) is 8.42 Å². The number of nitrogens with zero attached hydrogens (tertiary/aromatic N) is 2. The molecule has 17 heavy (non-hydrogen) atoms. The summed E-state index contributed by atoms with van der Waals surface area (Å²) >= 11 is 4.90. The molecule has 1 aliphatic heterocycles. The lowest BCUT2D eigenvalue weighted by molar-refractivity contribution is 0.222. The lowest BCUT2D eigenvalue weighted by atomic mass is 10.4. The van der Waals surface area contributed by atoms with Crippen LogP contribution in [-0.2, 0) is 10.0 Å². The molecule has 0 unspecified atom stereocenters. The fraction of sp³-hybridized carbons (Fsp3) is 0.500. The minimum atomic E-state index is -3.37. The van der Waals surface area contributed by atoms with E-state index in [2.05, 4.69) is 9.88 Å². The number of rotatable bonds is 2. The third-order valence-electron chi connectivity index (χ3n) is 2.86. The fourth-order valence-electron chi connectivity index (χ4n) is 1.73. The molecule has 5 nitrogen and oxygen atoms in total. The molecule has 0 saturated carbocycles. The number of aromatic amines is 1. The van der Waals surface area contributed by atoms with Crippen LogP contribution in [0.1, 0.15) is 0 Å². The highest BCUT2D eigenvalue weighted by atomic mass is 32.2. The topological polar surface area (TPSA) is 56.4 Å². The van der Waals surface area contributed by atoms with Crippen molar-refractivity contribution in [3.8, 4) is 0 Å². The average molecular weight is 273 g/mol. The minimum absolute atomic E-state index is 0.274. The number of hydrogen-bond acceptors (Lipinski definition) is 4. The van der Waals surface area contributed by atoms with Crippen molar-refractivity contribution in [2.75, 3.05) is 33.2 Å². The predicted molar refractivity (Wildman–Crippen MR) is 67.9 cm³/mol. The van der Waals surface area contributed by atoms with Crippen LogP contribution in [0.15, 0.2) is 23.2 Å². The second-order valence-electron chi connectivity index (χ2n) is 4.10. The molecule has 94 valence electrons. The quantitative estimate of drug-likeness (QED) is 0.805. The Balaban J connectivity index is 2.24. The van der Waals surface area contributed by atoms with Crippen LogP contribution in [0.5, 0.6) is 0 Å². The van der Waals surface area contributed by atoms with Crippen LogP contribution in [-0.4, -0.2) is 55.8 Å². The van der Waals surface area contributed by atoms with Gasteiger partial charge in [-0.1, -0.05) is 12.2 Å². The van der Waals surface area contributed by atoms with Gasteiger partial charge in [0.05, 0.1) is 4.90 Å². The second-order valence-corrected chi connectivity index (χ2v) is 6.47. The van der Waals surface area contributed by atoms with Crippen LogP contribution in [0.2, 0.25) is 0 Å². The molecule has 2 heterocycles. The number of sulfonamides is 1. The number of hydrogen-bond donors (Lipinski definition) is 1. The molecule has 1 aromatic rings. The first kappa shape index (κ1) is 12.7. The van der Waals surface area contributed by atoms with Crippen LogP contribution in [0, 0.1) is 4.64 Å². The first-order valence-electron chi connectivity index (χ1n) is 5.37. The van der Waals surface area contributed by atoms with Crippen molar-refractivity contribution in [1.29, 1.82) is 0 Å². The van der Waals surface area contributed by atoms with E-state index >= 15 is 0 Å². The van der Waals surface area contributed by atoms with Crippen LogP contribution in [0.4, 0.5) is 0 Å². The summed E-state index contributed by atoms with van der Waals surface area (Å²) in [4.78, 5) is 5.14. The van der Waals surface area contributed by atoms with Crippen LogP contribution in [0.3, 0.4) is 0 Å². The van der Waals surface area contributed by atoms with E-state index in [1.807, 2.05) is 7.05 Å². The summed E-state index contributed by atoms with van der Waals surface area (Å²) in [5.74, 6) is 0. The SMILES string of the molecule is CN1CCN(S(=O)(=O)c2ccc(=S)[nH]c2)CC1. The first-order chi connectivity index (χ1) is 8.00. The number of likely N-dealkylation sites (N-methyl/N-ethyl adjacent to an activating group) is 1. The summed E-state index contributed by atoms with van der Waals surface area (Å²) in [6.45, 7) is 2.60. The Kier molecular flexibility index (Phi) is 3.62. The van der Waals surface area contributed by atoms with Crippen molar-refractivity contribution in [1.82, 2.24) is 14.2 Å². The van der Waals surface area contributed by atoms with Gasteiger partial charge in [-0.05, 0) is 19.2 Å². The maximum absolute atomic E-state index is 12.3. The van der Waals surface area contributed by atoms with Crippen molar-refractivity contribution >= 4 is 22.2 Å². The zero-order valence-corrected chi connectivity index (χ0v) is 11.2. The second kappa shape index (κ2) is 4.85. The molecule has 1 aromatic heterocycles. The Morgan fingerprint density at radius 1 is 1.24 bits per heavy atom. The summed E-state index contributed by atoms with van der Waals surface area (Å²) < 4.78 is 26.6. The van der Waals surface area contributed by atoms with Gasteiger partial charge in [-0.3, -0.25) is 0 Å². The van der Waals surface area contributed by atoms with Crippen molar-refractivity contribution in [2.45, 2.75) is 4.90 Å². The van der Waals surface area contributed by atoms with Crippen LogP contribution >= 0.6 is 12.2 Å². The Morgan fingerprint density at radius 3 is 2.41 bits per heavy atom. The molecule has 0 atom stereocenters. The number of piperazine rings is 1. The Bertz CT molecular complexity index is 524. The minimum Gasteiger partial charge on any atom is -0.352 e. The monoisotopic (exact) mass is 273 g/mol. The maximum atomic E-state index is 12.3. The normalized spacial score (nSPS) is 19.4. The van der Waals surface area contributed by atoms with Gasteiger partial charge in [0.25, 0.3) is 0 Å². The van der Waals surface area contributed by atoms with E-state index in [-0.39, 0.29) is 4.90 Å². The van der Waals surface area contributed by atoms with Gasteiger partial charge in [-0.2, -0.15) is 4.31 Å². The highest BCUT2D eigenvalue weighted by Crippen LogP contribution is 2.15. The molecular formula is C10H15N3O2S2.